The van der Waals surface area contributed by atoms with E-state index in [-0.39, 0.29) is 18.3 Å². The highest BCUT2D eigenvalue weighted by Crippen LogP contribution is 2.11. The normalized spacial score (nSPS) is 12.4. The number of Topliss-reactive ketones (excluding diaryl/α,β-unsaturated/α-hetero) is 1. The molecule has 0 bridgehead atoms. The second kappa shape index (κ2) is 21.8. The van der Waals surface area contributed by atoms with Crippen LogP contribution in [0.15, 0.2) is 0 Å². The first kappa shape index (κ1) is 26.5. The Morgan fingerprint density at radius 3 is 2.00 bits per heavy atom. The number of ether oxygens (including phenoxy) is 3. The van der Waals surface area contributed by atoms with Gasteiger partial charge in [0.05, 0.1) is 33.0 Å². The smallest absolute Gasteiger partial charge is 0.161 e. The summed E-state index contributed by atoms with van der Waals surface area (Å²) < 4.78 is 16.4. The number of nitrogens with one attached hydrogen (secondary N) is 1. The molecule has 0 fully saturated rings. The summed E-state index contributed by atoms with van der Waals surface area (Å²) in [6.07, 6.45) is 11.0. The first-order valence-corrected chi connectivity index (χ1v) is 11.2. The van der Waals surface area contributed by atoms with E-state index in [1.54, 1.807) is 0 Å². The minimum Gasteiger partial charge on any atom is -0.378 e. The largest absolute Gasteiger partial charge is 0.378 e. The van der Waals surface area contributed by atoms with E-state index in [4.69, 9.17) is 14.2 Å². The second-order valence-corrected chi connectivity index (χ2v) is 7.30. The van der Waals surface area contributed by atoms with Crippen molar-refractivity contribution in [2.24, 2.45) is 5.92 Å². The number of rotatable bonds is 22. The Kier molecular flexibility index (Phi) is 21.4. The highest BCUT2D eigenvalue weighted by molar-refractivity contribution is 5.81. The molecule has 0 aliphatic heterocycles. The molecule has 162 valence electrons. The molecular weight excluding hydrogens is 342 g/mol. The predicted octanol–water partition coefficient (Wildman–Crippen LogP) is 4.38. The van der Waals surface area contributed by atoms with Gasteiger partial charge in [-0.3, -0.25) is 4.79 Å². The molecule has 0 aromatic rings. The third-order valence-electron chi connectivity index (χ3n) is 4.66. The van der Waals surface area contributed by atoms with E-state index in [1.165, 1.54) is 44.9 Å². The van der Waals surface area contributed by atoms with Gasteiger partial charge < -0.3 is 19.5 Å². The summed E-state index contributed by atoms with van der Waals surface area (Å²) in [7, 11) is 0. The second-order valence-electron chi connectivity index (χ2n) is 7.30. The van der Waals surface area contributed by atoms with Crippen LogP contribution in [0.1, 0.15) is 78.6 Å². The van der Waals surface area contributed by atoms with E-state index >= 15 is 0 Å². The van der Waals surface area contributed by atoms with E-state index in [0.29, 0.717) is 26.4 Å². The SMILES string of the molecule is CCCCCCNCCOCCOCCOCC(=O)C(C)CCCCCC. The molecule has 0 aliphatic carbocycles. The lowest BCUT2D eigenvalue weighted by molar-refractivity contribution is -0.127. The third kappa shape index (κ3) is 20.1. The third-order valence-corrected chi connectivity index (χ3v) is 4.66. The zero-order valence-electron chi connectivity index (χ0n) is 18.2. The first-order chi connectivity index (χ1) is 13.2. The molecule has 0 aromatic carbocycles. The van der Waals surface area contributed by atoms with Gasteiger partial charge in [-0.05, 0) is 19.4 Å². The number of carbonyl (C=O) groups excluding carboxylic acids is 1. The van der Waals surface area contributed by atoms with Gasteiger partial charge in [-0.1, -0.05) is 65.7 Å². The van der Waals surface area contributed by atoms with Crippen LogP contribution >= 0.6 is 0 Å². The van der Waals surface area contributed by atoms with Gasteiger partial charge in [0.2, 0.25) is 0 Å². The monoisotopic (exact) mass is 387 g/mol. The van der Waals surface area contributed by atoms with Gasteiger partial charge in [-0.2, -0.15) is 0 Å². The zero-order valence-corrected chi connectivity index (χ0v) is 18.2. The standard InChI is InChI=1S/C22H45NO4/c1-4-6-8-10-12-21(3)22(24)20-27-19-18-26-17-16-25-15-14-23-13-11-9-7-5-2/h21,23H,4-20H2,1-3H3. The number of ketones is 1. The van der Waals surface area contributed by atoms with Crippen molar-refractivity contribution in [2.45, 2.75) is 78.6 Å². The van der Waals surface area contributed by atoms with Crippen LogP contribution in [0.25, 0.3) is 0 Å². The molecule has 1 N–H and O–H groups in total. The van der Waals surface area contributed by atoms with E-state index in [1.807, 2.05) is 6.92 Å². The number of carbonyl (C=O) groups is 1. The summed E-state index contributed by atoms with van der Waals surface area (Å²) in [5.74, 6) is 0.313. The first-order valence-electron chi connectivity index (χ1n) is 11.2. The maximum Gasteiger partial charge on any atom is 0.161 e. The number of hydrogen-bond donors (Lipinski definition) is 1. The van der Waals surface area contributed by atoms with E-state index in [2.05, 4.69) is 19.2 Å². The molecule has 1 unspecified atom stereocenters. The van der Waals surface area contributed by atoms with Gasteiger partial charge >= 0.3 is 0 Å². The van der Waals surface area contributed by atoms with E-state index in [9.17, 15) is 4.79 Å². The quantitative estimate of drug-likeness (QED) is 0.279. The predicted molar refractivity (Wildman–Crippen MR) is 112 cm³/mol. The van der Waals surface area contributed by atoms with Crippen LogP contribution in [0.5, 0.6) is 0 Å². The molecule has 0 radical (unpaired) electrons. The highest BCUT2D eigenvalue weighted by atomic mass is 16.5. The fraction of sp³-hybridized carbons (Fsp3) is 0.955. The summed E-state index contributed by atoms with van der Waals surface area (Å²) in [4.78, 5) is 11.9. The summed E-state index contributed by atoms with van der Waals surface area (Å²) in [5.41, 5.74) is 0. The van der Waals surface area contributed by atoms with Crippen LogP contribution in [0.4, 0.5) is 0 Å². The van der Waals surface area contributed by atoms with Crippen molar-refractivity contribution in [3.8, 4) is 0 Å². The molecule has 5 nitrogen and oxygen atoms in total. The fourth-order valence-corrected chi connectivity index (χ4v) is 2.74. The van der Waals surface area contributed by atoms with Gasteiger partial charge in [0.25, 0.3) is 0 Å². The summed E-state index contributed by atoms with van der Waals surface area (Å²) in [6.45, 7) is 11.5. The fourth-order valence-electron chi connectivity index (χ4n) is 2.74. The molecule has 0 heterocycles. The van der Waals surface area contributed by atoms with Crippen LogP contribution in [0, 0.1) is 5.92 Å². The molecule has 5 heteroatoms. The Morgan fingerprint density at radius 2 is 1.33 bits per heavy atom. The van der Waals surface area contributed by atoms with Crippen molar-refractivity contribution in [3.63, 3.8) is 0 Å². The van der Waals surface area contributed by atoms with Crippen molar-refractivity contribution in [2.75, 3.05) is 52.7 Å². The van der Waals surface area contributed by atoms with Gasteiger partial charge in [0, 0.05) is 12.5 Å². The Morgan fingerprint density at radius 1 is 0.741 bits per heavy atom. The van der Waals surface area contributed by atoms with E-state index < -0.39 is 0 Å². The van der Waals surface area contributed by atoms with Crippen LogP contribution in [-0.4, -0.2) is 58.5 Å². The molecule has 0 amide bonds. The van der Waals surface area contributed by atoms with Gasteiger partial charge in [-0.15, -0.1) is 0 Å². The number of hydrogen-bond acceptors (Lipinski definition) is 5. The van der Waals surface area contributed by atoms with Crippen LogP contribution < -0.4 is 5.32 Å². The maximum absolute atomic E-state index is 11.9. The van der Waals surface area contributed by atoms with Crippen molar-refractivity contribution in [3.05, 3.63) is 0 Å². The summed E-state index contributed by atoms with van der Waals surface area (Å²) in [6, 6.07) is 0. The molecule has 0 aromatic heterocycles. The Balaban J connectivity index is 3.22. The van der Waals surface area contributed by atoms with Crippen LogP contribution in [-0.2, 0) is 19.0 Å². The molecule has 0 saturated carbocycles. The van der Waals surface area contributed by atoms with Gasteiger partial charge in [-0.25, -0.2) is 0 Å². The van der Waals surface area contributed by atoms with Crippen LogP contribution in [0.2, 0.25) is 0 Å². The molecule has 0 saturated heterocycles. The van der Waals surface area contributed by atoms with E-state index in [0.717, 1.165) is 32.5 Å². The molecule has 1 atom stereocenters. The Hall–Kier alpha value is -0.490. The van der Waals surface area contributed by atoms with Crippen LogP contribution in [0.3, 0.4) is 0 Å². The average molecular weight is 388 g/mol. The number of unbranched alkanes of at least 4 members (excludes halogenated alkanes) is 6. The minimum atomic E-state index is 0.108. The summed E-state index contributed by atoms with van der Waals surface area (Å²) >= 11 is 0. The van der Waals surface area contributed by atoms with Crippen molar-refractivity contribution in [1.29, 1.82) is 0 Å². The molecule has 0 spiro atoms. The summed E-state index contributed by atoms with van der Waals surface area (Å²) in [5, 5.41) is 3.38. The lowest BCUT2D eigenvalue weighted by Crippen LogP contribution is -2.22. The minimum absolute atomic E-state index is 0.108. The maximum atomic E-state index is 11.9. The molecule has 0 rings (SSSR count). The topological polar surface area (TPSA) is 56.8 Å². The molecule has 27 heavy (non-hydrogen) atoms. The molecular formula is C22H45NO4. The van der Waals surface area contributed by atoms with Crippen molar-refractivity contribution >= 4 is 5.78 Å². The lowest BCUT2D eigenvalue weighted by Gasteiger charge is -2.11. The lowest BCUT2D eigenvalue weighted by atomic mass is 9.99. The van der Waals surface area contributed by atoms with Crippen molar-refractivity contribution in [1.82, 2.24) is 5.32 Å². The zero-order chi connectivity index (χ0) is 20.0. The van der Waals surface area contributed by atoms with Gasteiger partial charge in [0.1, 0.15) is 6.61 Å². The Bertz CT molecular complexity index is 313. The highest BCUT2D eigenvalue weighted by Gasteiger charge is 2.12. The van der Waals surface area contributed by atoms with Gasteiger partial charge in [0.15, 0.2) is 5.78 Å². The van der Waals surface area contributed by atoms with Crippen molar-refractivity contribution < 1.29 is 19.0 Å². The average Bonchev–Trinajstić information content (AvgIpc) is 2.67. The Labute approximate surface area is 167 Å². The molecule has 0 aliphatic rings.